The van der Waals surface area contributed by atoms with Crippen molar-refractivity contribution in [2.24, 2.45) is 16.8 Å². The van der Waals surface area contributed by atoms with Gasteiger partial charge in [0.25, 0.3) is 0 Å². The van der Waals surface area contributed by atoms with Crippen molar-refractivity contribution in [1.29, 1.82) is 0 Å². The number of hydrogen-bond acceptors (Lipinski definition) is 3. The van der Waals surface area contributed by atoms with Crippen molar-refractivity contribution >= 4 is 5.84 Å². The molecule has 3 N–H and O–H groups in total. The Kier molecular flexibility index (Phi) is 2.99. The molecule has 1 aliphatic rings. The number of benzene rings is 1. The Bertz CT molecular complexity index is 411. The van der Waals surface area contributed by atoms with Crippen molar-refractivity contribution < 1.29 is 9.94 Å². The molecule has 2 rings (SSSR count). The zero-order chi connectivity index (χ0) is 11.5. The Morgan fingerprint density at radius 1 is 1.56 bits per heavy atom. The van der Waals surface area contributed by atoms with Crippen molar-refractivity contribution in [3.63, 3.8) is 0 Å². The van der Waals surface area contributed by atoms with Crippen molar-refractivity contribution in [3.05, 3.63) is 29.3 Å². The van der Waals surface area contributed by atoms with Crippen molar-refractivity contribution in [1.82, 2.24) is 0 Å². The minimum Gasteiger partial charge on any atom is -0.493 e. The lowest BCUT2D eigenvalue weighted by molar-refractivity contribution is 0.298. The maximum absolute atomic E-state index is 8.56. The molecule has 0 aromatic heterocycles. The van der Waals surface area contributed by atoms with Gasteiger partial charge in [0.15, 0.2) is 5.84 Å². The minimum absolute atomic E-state index is 0.122. The van der Waals surface area contributed by atoms with Gasteiger partial charge in [0.1, 0.15) is 5.75 Å². The fourth-order valence-corrected chi connectivity index (χ4v) is 1.52. The van der Waals surface area contributed by atoms with E-state index in [1.165, 1.54) is 12.8 Å². The molecule has 16 heavy (non-hydrogen) atoms. The smallest absolute Gasteiger partial charge is 0.170 e. The Morgan fingerprint density at radius 3 is 2.88 bits per heavy atom. The second-order valence-electron chi connectivity index (χ2n) is 4.22. The van der Waals surface area contributed by atoms with Gasteiger partial charge in [0.05, 0.1) is 6.61 Å². The van der Waals surface area contributed by atoms with Gasteiger partial charge in [-0.3, -0.25) is 0 Å². The number of rotatable bonds is 4. The van der Waals surface area contributed by atoms with Crippen LogP contribution in [-0.4, -0.2) is 17.6 Å². The number of nitrogens with zero attached hydrogens (tertiary/aromatic N) is 1. The molecule has 0 saturated heterocycles. The lowest BCUT2D eigenvalue weighted by atomic mass is 10.1. The van der Waals surface area contributed by atoms with Gasteiger partial charge in [-0.25, -0.2) is 0 Å². The van der Waals surface area contributed by atoms with Crippen LogP contribution in [0.1, 0.15) is 24.0 Å². The van der Waals surface area contributed by atoms with E-state index in [0.717, 1.165) is 23.8 Å². The summed E-state index contributed by atoms with van der Waals surface area (Å²) in [5.74, 6) is 1.74. The van der Waals surface area contributed by atoms with E-state index in [4.69, 9.17) is 15.7 Å². The van der Waals surface area contributed by atoms with Gasteiger partial charge in [-0.15, -0.1) is 0 Å². The largest absolute Gasteiger partial charge is 0.493 e. The number of aryl methyl sites for hydroxylation is 1. The number of oxime groups is 1. The zero-order valence-electron chi connectivity index (χ0n) is 9.31. The molecule has 0 aliphatic heterocycles. The molecule has 0 radical (unpaired) electrons. The third-order valence-corrected chi connectivity index (χ3v) is 2.75. The highest BCUT2D eigenvalue weighted by atomic mass is 16.5. The second kappa shape index (κ2) is 4.43. The predicted octanol–water partition coefficient (Wildman–Crippen LogP) is 1.88. The fraction of sp³-hybridized carbons (Fsp3) is 0.417. The lowest BCUT2D eigenvalue weighted by Gasteiger charge is -2.09. The Labute approximate surface area is 94.7 Å². The summed E-state index contributed by atoms with van der Waals surface area (Å²) in [5.41, 5.74) is 7.22. The molecule has 1 saturated carbocycles. The maximum atomic E-state index is 8.56. The normalized spacial score (nSPS) is 16.2. The molecule has 4 heteroatoms. The first kappa shape index (κ1) is 10.8. The molecule has 0 amide bonds. The van der Waals surface area contributed by atoms with Gasteiger partial charge in [-0.2, -0.15) is 0 Å². The average Bonchev–Trinajstić information content (AvgIpc) is 3.10. The van der Waals surface area contributed by atoms with Gasteiger partial charge in [-0.05, 0) is 49.4 Å². The van der Waals surface area contributed by atoms with Crippen LogP contribution in [0.5, 0.6) is 5.75 Å². The van der Waals surface area contributed by atoms with Gasteiger partial charge in [0, 0.05) is 5.56 Å². The number of nitrogens with two attached hydrogens (primary N) is 1. The van der Waals surface area contributed by atoms with Crippen molar-refractivity contribution in [2.75, 3.05) is 6.61 Å². The van der Waals surface area contributed by atoms with Crippen LogP contribution in [-0.2, 0) is 0 Å². The molecule has 0 unspecified atom stereocenters. The van der Waals surface area contributed by atoms with E-state index in [-0.39, 0.29) is 5.84 Å². The second-order valence-corrected chi connectivity index (χ2v) is 4.22. The Hall–Kier alpha value is -1.71. The predicted molar refractivity (Wildman–Crippen MR) is 61.9 cm³/mol. The summed E-state index contributed by atoms with van der Waals surface area (Å²) in [6.07, 6.45) is 2.56. The van der Waals surface area contributed by atoms with Crippen LogP contribution in [0.2, 0.25) is 0 Å². The molecule has 1 aromatic carbocycles. The average molecular weight is 220 g/mol. The maximum Gasteiger partial charge on any atom is 0.170 e. The summed E-state index contributed by atoms with van der Waals surface area (Å²) >= 11 is 0. The van der Waals surface area contributed by atoms with Crippen LogP contribution in [0.15, 0.2) is 23.4 Å². The van der Waals surface area contributed by atoms with Gasteiger partial charge < -0.3 is 15.7 Å². The molecular weight excluding hydrogens is 204 g/mol. The van der Waals surface area contributed by atoms with E-state index in [9.17, 15) is 0 Å². The summed E-state index contributed by atoms with van der Waals surface area (Å²) < 4.78 is 5.69. The molecule has 1 fully saturated rings. The van der Waals surface area contributed by atoms with Crippen molar-refractivity contribution in [2.45, 2.75) is 19.8 Å². The summed E-state index contributed by atoms with van der Waals surface area (Å²) in [5, 5.41) is 11.5. The number of amidine groups is 1. The standard InChI is InChI=1S/C12H16N2O2/c1-8-6-10(12(13)14-15)4-5-11(8)16-7-9-2-3-9/h4-6,9,15H,2-3,7H2,1H3,(H2,13,14). The third-order valence-electron chi connectivity index (χ3n) is 2.75. The first-order chi connectivity index (χ1) is 7.70. The van der Waals surface area contributed by atoms with E-state index >= 15 is 0 Å². The Morgan fingerprint density at radius 2 is 2.31 bits per heavy atom. The van der Waals surface area contributed by atoms with Crippen LogP contribution in [0.3, 0.4) is 0 Å². The van der Waals surface area contributed by atoms with Crippen molar-refractivity contribution in [3.8, 4) is 5.75 Å². The topological polar surface area (TPSA) is 67.8 Å². The van der Waals surface area contributed by atoms with Crippen LogP contribution >= 0.6 is 0 Å². The van der Waals surface area contributed by atoms with E-state index < -0.39 is 0 Å². The van der Waals surface area contributed by atoms with Gasteiger partial charge in [-0.1, -0.05) is 5.16 Å². The van der Waals surface area contributed by atoms with Crippen LogP contribution in [0, 0.1) is 12.8 Å². The van der Waals surface area contributed by atoms with E-state index in [2.05, 4.69) is 5.16 Å². The summed E-state index contributed by atoms with van der Waals surface area (Å²) in [7, 11) is 0. The van der Waals surface area contributed by atoms with Crippen LogP contribution in [0.25, 0.3) is 0 Å². The number of hydrogen-bond donors (Lipinski definition) is 2. The summed E-state index contributed by atoms with van der Waals surface area (Å²) in [6, 6.07) is 5.52. The molecule has 0 bridgehead atoms. The summed E-state index contributed by atoms with van der Waals surface area (Å²) in [6.45, 7) is 2.75. The molecule has 1 aliphatic carbocycles. The number of ether oxygens (including phenoxy) is 1. The molecule has 0 heterocycles. The van der Waals surface area contributed by atoms with E-state index in [1.807, 2.05) is 19.1 Å². The first-order valence-corrected chi connectivity index (χ1v) is 5.42. The van der Waals surface area contributed by atoms with Crippen LogP contribution < -0.4 is 10.5 Å². The first-order valence-electron chi connectivity index (χ1n) is 5.42. The van der Waals surface area contributed by atoms with E-state index in [1.54, 1.807) is 6.07 Å². The lowest BCUT2D eigenvalue weighted by Crippen LogP contribution is -2.13. The highest BCUT2D eigenvalue weighted by Gasteiger charge is 2.22. The molecule has 0 spiro atoms. The highest BCUT2D eigenvalue weighted by molar-refractivity contribution is 5.97. The fourth-order valence-electron chi connectivity index (χ4n) is 1.52. The van der Waals surface area contributed by atoms with Gasteiger partial charge in [0.2, 0.25) is 0 Å². The molecule has 1 aromatic rings. The zero-order valence-corrected chi connectivity index (χ0v) is 9.31. The monoisotopic (exact) mass is 220 g/mol. The van der Waals surface area contributed by atoms with Gasteiger partial charge >= 0.3 is 0 Å². The van der Waals surface area contributed by atoms with Crippen LogP contribution in [0.4, 0.5) is 0 Å². The molecular formula is C12H16N2O2. The Balaban J connectivity index is 2.08. The molecule has 4 nitrogen and oxygen atoms in total. The SMILES string of the molecule is Cc1cc(/C(N)=N/O)ccc1OCC1CC1. The molecule has 86 valence electrons. The third kappa shape index (κ3) is 2.45. The molecule has 0 atom stereocenters. The quantitative estimate of drug-likeness (QED) is 0.352. The highest BCUT2D eigenvalue weighted by Crippen LogP contribution is 2.30. The van der Waals surface area contributed by atoms with E-state index in [0.29, 0.717) is 5.56 Å². The minimum atomic E-state index is 0.122. The summed E-state index contributed by atoms with van der Waals surface area (Å²) in [4.78, 5) is 0.